The van der Waals surface area contributed by atoms with Gasteiger partial charge in [-0.25, -0.2) is 9.59 Å². The number of carbonyl (C=O) groups excluding carboxylic acids is 2. The molecule has 0 N–H and O–H groups in total. The predicted molar refractivity (Wildman–Crippen MR) is 115 cm³/mol. The van der Waals surface area contributed by atoms with Gasteiger partial charge in [-0.2, -0.15) is 0 Å². The first kappa shape index (κ1) is 21.3. The minimum atomic E-state index is -0.430. The summed E-state index contributed by atoms with van der Waals surface area (Å²) < 4.78 is 11.5. The molecule has 4 rings (SSSR count). The molecule has 0 aromatic rings. The first-order valence-corrected chi connectivity index (χ1v) is 11.9. The fraction of sp³-hybridized carbons (Fsp3) is 0.750. The number of hydrogen-bond acceptors (Lipinski definition) is 4. The number of hydrogen-bond donors (Lipinski definition) is 0. The van der Waals surface area contributed by atoms with Crippen LogP contribution in [0.15, 0.2) is 24.6 Å². The monoisotopic (exact) mass is 416 g/mol. The number of carbonyl (C=O) groups is 2. The summed E-state index contributed by atoms with van der Waals surface area (Å²) in [6.45, 7) is 9.74. The van der Waals surface area contributed by atoms with E-state index in [2.05, 4.69) is 13.2 Å². The second kappa shape index (κ2) is 8.64. The molecule has 4 aliphatic rings. The topological polar surface area (TPSA) is 59.1 Å². The molecule has 0 atom stereocenters. The van der Waals surface area contributed by atoms with E-state index in [1.54, 1.807) is 9.80 Å². The van der Waals surface area contributed by atoms with Gasteiger partial charge in [0.05, 0.1) is 11.4 Å². The number of rotatable bonds is 7. The van der Waals surface area contributed by atoms with Gasteiger partial charge in [-0.05, 0) is 64.2 Å². The summed E-state index contributed by atoms with van der Waals surface area (Å²) in [6.07, 6.45) is 13.9. The molecule has 4 fully saturated rings. The standard InChI is InChI=1S/C24H36N2O4/c1-19-23(13-7-5-8-14-23)29-21(27)25(19)17-11-3-4-12-18-26-20(2)24(30-22(26)28)15-9-6-10-16-24/h1-18H2. The van der Waals surface area contributed by atoms with Crippen molar-refractivity contribution in [2.24, 2.45) is 0 Å². The van der Waals surface area contributed by atoms with Gasteiger partial charge >= 0.3 is 12.2 Å². The van der Waals surface area contributed by atoms with Crippen molar-refractivity contribution in [1.29, 1.82) is 0 Å². The summed E-state index contributed by atoms with van der Waals surface area (Å²) >= 11 is 0. The van der Waals surface area contributed by atoms with Crippen LogP contribution in [0, 0.1) is 0 Å². The first-order chi connectivity index (χ1) is 14.5. The zero-order valence-electron chi connectivity index (χ0n) is 18.3. The molecule has 2 heterocycles. The largest absolute Gasteiger partial charge is 0.436 e. The number of amides is 2. The van der Waals surface area contributed by atoms with E-state index in [9.17, 15) is 9.59 Å². The Labute approximate surface area is 180 Å². The highest BCUT2D eigenvalue weighted by atomic mass is 16.6. The van der Waals surface area contributed by atoms with Crippen molar-refractivity contribution >= 4 is 12.2 Å². The van der Waals surface area contributed by atoms with E-state index in [1.807, 2.05) is 0 Å². The SMILES string of the molecule is C=C1N(CCCCCCN2C(=C)C3(CCCCC3)OC2=O)C(=O)OC12CCCCC2. The van der Waals surface area contributed by atoms with Crippen LogP contribution < -0.4 is 0 Å². The molecular weight excluding hydrogens is 380 g/mol. The minimum absolute atomic E-state index is 0.226. The van der Waals surface area contributed by atoms with Crippen molar-refractivity contribution in [2.45, 2.75) is 101 Å². The van der Waals surface area contributed by atoms with E-state index in [0.717, 1.165) is 88.4 Å². The van der Waals surface area contributed by atoms with Crippen molar-refractivity contribution in [2.75, 3.05) is 13.1 Å². The molecule has 2 spiro atoms. The molecule has 2 aliphatic carbocycles. The van der Waals surface area contributed by atoms with Crippen LogP contribution >= 0.6 is 0 Å². The summed E-state index contributed by atoms with van der Waals surface area (Å²) in [7, 11) is 0. The van der Waals surface area contributed by atoms with Crippen LogP contribution in [-0.2, 0) is 9.47 Å². The van der Waals surface area contributed by atoms with Gasteiger partial charge < -0.3 is 9.47 Å². The molecule has 166 valence electrons. The number of ether oxygens (including phenoxy) is 2. The van der Waals surface area contributed by atoms with E-state index >= 15 is 0 Å². The Morgan fingerprint density at radius 1 is 0.633 bits per heavy atom. The van der Waals surface area contributed by atoms with Gasteiger partial charge in [0.15, 0.2) is 11.2 Å². The maximum Gasteiger partial charge on any atom is 0.415 e. The third kappa shape index (κ3) is 3.85. The lowest BCUT2D eigenvalue weighted by Gasteiger charge is -2.32. The summed E-state index contributed by atoms with van der Waals surface area (Å²) in [5.41, 5.74) is 0.865. The molecule has 0 aromatic carbocycles. The number of nitrogens with zero attached hydrogens (tertiary/aromatic N) is 2. The molecule has 2 aliphatic heterocycles. The van der Waals surface area contributed by atoms with Crippen LogP contribution in [0.25, 0.3) is 0 Å². The lowest BCUT2D eigenvalue weighted by atomic mass is 9.83. The van der Waals surface area contributed by atoms with Crippen LogP contribution in [0.4, 0.5) is 9.59 Å². The van der Waals surface area contributed by atoms with Crippen LogP contribution in [-0.4, -0.2) is 46.3 Å². The zero-order chi connectivity index (χ0) is 21.2. The van der Waals surface area contributed by atoms with E-state index in [0.29, 0.717) is 13.1 Å². The Hall–Kier alpha value is -1.98. The molecule has 2 saturated heterocycles. The molecule has 0 aromatic heterocycles. The lowest BCUT2D eigenvalue weighted by molar-refractivity contribution is 0.0394. The Kier molecular flexibility index (Phi) is 6.12. The highest BCUT2D eigenvalue weighted by Crippen LogP contribution is 2.44. The lowest BCUT2D eigenvalue weighted by Crippen LogP contribution is -2.34. The zero-order valence-corrected chi connectivity index (χ0v) is 18.3. The Balaban J connectivity index is 1.17. The van der Waals surface area contributed by atoms with Gasteiger partial charge in [0.2, 0.25) is 0 Å². The van der Waals surface area contributed by atoms with Crippen LogP contribution in [0.2, 0.25) is 0 Å². The van der Waals surface area contributed by atoms with E-state index in [1.165, 1.54) is 12.8 Å². The maximum atomic E-state index is 12.3. The highest BCUT2D eigenvalue weighted by molar-refractivity contribution is 5.75. The maximum absolute atomic E-state index is 12.3. The van der Waals surface area contributed by atoms with Crippen LogP contribution in [0.5, 0.6) is 0 Å². The Morgan fingerprint density at radius 3 is 1.37 bits per heavy atom. The molecule has 0 radical (unpaired) electrons. The van der Waals surface area contributed by atoms with Crippen molar-refractivity contribution in [3.05, 3.63) is 24.6 Å². The summed E-state index contributed by atoms with van der Waals surface area (Å²) in [5, 5.41) is 0. The van der Waals surface area contributed by atoms with Crippen LogP contribution in [0.3, 0.4) is 0 Å². The molecule has 6 heteroatoms. The Bertz CT molecular complexity index is 644. The van der Waals surface area contributed by atoms with Gasteiger partial charge in [0.1, 0.15) is 0 Å². The van der Waals surface area contributed by atoms with Gasteiger partial charge in [0, 0.05) is 13.1 Å². The third-order valence-corrected chi connectivity index (χ3v) is 7.55. The second-order valence-corrected chi connectivity index (χ2v) is 9.46. The van der Waals surface area contributed by atoms with Crippen molar-refractivity contribution in [1.82, 2.24) is 9.80 Å². The molecule has 30 heavy (non-hydrogen) atoms. The van der Waals surface area contributed by atoms with Gasteiger partial charge in [0.25, 0.3) is 0 Å². The smallest absolute Gasteiger partial charge is 0.415 e. The summed E-state index contributed by atoms with van der Waals surface area (Å²) in [5.74, 6) is 0. The summed E-state index contributed by atoms with van der Waals surface area (Å²) in [6, 6.07) is 0. The third-order valence-electron chi connectivity index (χ3n) is 7.55. The summed E-state index contributed by atoms with van der Waals surface area (Å²) in [4.78, 5) is 28.2. The van der Waals surface area contributed by atoms with E-state index < -0.39 is 11.2 Å². The Morgan fingerprint density at radius 2 is 1.00 bits per heavy atom. The molecule has 6 nitrogen and oxygen atoms in total. The number of unbranched alkanes of at least 4 members (excludes halogenated alkanes) is 3. The average Bonchev–Trinajstić information content (AvgIpc) is 3.10. The minimum Gasteiger partial charge on any atom is -0.436 e. The first-order valence-electron chi connectivity index (χ1n) is 11.9. The van der Waals surface area contributed by atoms with E-state index in [4.69, 9.17) is 9.47 Å². The van der Waals surface area contributed by atoms with Gasteiger partial charge in [-0.3, -0.25) is 9.80 Å². The molecule has 2 saturated carbocycles. The molecular formula is C24H36N2O4. The molecule has 2 amide bonds. The molecule has 0 unspecified atom stereocenters. The second-order valence-electron chi connectivity index (χ2n) is 9.46. The van der Waals surface area contributed by atoms with Crippen molar-refractivity contribution in [3.8, 4) is 0 Å². The highest BCUT2D eigenvalue weighted by Gasteiger charge is 2.50. The fourth-order valence-corrected chi connectivity index (χ4v) is 5.65. The fourth-order valence-electron chi connectivity index (χ4n) is 5.65. The van der Waals surface area contributed by atoms with Gasteiger partial charge in [-0.1, -0.05) is 38.8 Å². The quantitative estimate of drug-likeness (QED) is 0.486. The van der Waals surface area contributed by atoms with Crippen molar-refractivity contribution in [3.63, 3.8) is 0 Å². The average molecular weight is 417 g/mol. The van der Waals surface area contributed by atoms with Crippen LogP contribution in [0.1, 0.15) is 89.9 Å². The van der Waals surface area contributed by atoms with E-state index in [-0.39, 0.29) is 12.2 Å². The normalized spacial score (nSPS) is 25.3. The van der Waals surface area contributed by atoms with Gasteiger partial charge in [-0.15, -0.1) is 0 Å². The predicted octanol–water partition coefficient (Wildman–Crippen LogP) is 5.88. The molecule has 0 bridgehead atoms. The van der Waals surface area contributed by atoms with Crippen molar-refractivity contribution < 1.29 is 19.1 Å².